The molecule has 4 heteroatoms. The Morgan fingerprint density at radius 2 is 1.41 bits per heavy atom. The molecule has 1 unspecified atom stereocenters. The van der Waals surface area contributed by atoms with Crippen LogP contribution in [0.2, 0.25) is 0 Å². The van der Waals surface area contributed by atoms with Gasteiger partial charge in [0.15, 0.2) is 0 Å². The molecule has 5 atom stereocenters. The second kappa shape index (κ2) is 15.1. The lowest BCUT2D eigenvalue weighted by Crippen LogP contribution is -2.40. The minimum atomic E-state index is -0.379. The Balaban J connectivity index is 1.61. The van der Waals surface area contributed by atoms with Gasteiger partial charge in [-0.3, -0.25) is 0 Å². The maximum Gasteiger partial charge on any atom is 0.115 e. The molecule has 186 valence electrons. The third-order valence-corrected chi connectivity index (χ3v) is 6.73. The Labute approximate surface area is 205 Å². The third-order valence-electron chi connectivity index (χ3n) is 6.73. The SMILES string of the molecule is C=CCCCCCCCC(C)[C@H]1O[C@H](CO)[C@@H](OCc2ccccc2)[C@@H]1OCc1ccccc1. The molecule has 2 aromatic carbocycles. The zero-order valence-electron chi connectivity index (χ0n) is 20.7. The molecule has 0 bridgehead atoms. The van der Waals surface area contributed by atoms with Crippen LogP contribution < -0.4 is 0 Å². The van der Waals surface area contributed by atoms with E-state index in [1.807, 2.05) is 42.5 Å². The maximum absolute atomic E-state index is 10.1. The molecule has 0 amide bonds. The molecule has 0 aromatic heterocycles. The van der Waals surface area contributed by atoms with E-state index >= 15 is 0 Å². The third kappa shape index (κ3) is 8.35. The summed E-state index contributed by atoms with van der Waals surface area (Å²) in [6, 6.07) is 20.3. The van der Waals surface area contributed by atoms with E-state index in [-0.39, 0.29) is 31.0 Å². The fraction of sp³-hybridized carbons (Fsp3) is 0.533. The molecule has 1 aliphatic heterocycles. The highest BCUT2D eigenvalue weighted by molar-refractivity contribution is 5.14. The number of aliphatic hydroxyl groups is 1. The van der Waals surface area contributed by atoms with Crippen LogP contribution in [0.25, 0.3) is 0 Å². The number of aliphatic hydroxyl groups excluding tert-OH is 1. The minimum absolute atomic E-state index is 0.0722. The smallest absolute Gasteiger partial charge is 0.115 e. The molecule has 34 heavy (non-hydrogen) atoms. The molecule has 1 N–H and O–H groups in total. The van der Waals surface area contributed by atoms with Gasteiger partial charge in [-0.05, 0) is 36.3 Å². The molecular weight excluding hydrogens is 424 g/mol. The first kappa shape index (κ1) is 26.6. The Hall–Kier alpha value is -1.98. The number of rotatable bonds is 16. The summed E-state index contributed by atoms with van der Waals surface area (Å²) < 4.78 is 19.2. The van der Waals surface area contributed by atoms with E-state index in [2.05, 4.69) is 37.8 Å². The highest BCUT2D eigenvalue weighted by atomic mass is 16.6. The van der Waals surface area contributed by atoms with Crippen molar-refractivity contribution in [3.05, 3.63) is 84.4 Å². The summed E-state index contributed by atoms with van der Waals surface area (Å²) in [6.07, 6.45) is 9.39. The predicted molar refractivity (Wildman–Crippen MR) is 137 cm³/mol. The molecule has 3 rings (SSSR count). The second-order valence-corrected chi connectivity index (χ2v) is 9.46. The van der Waals surface area contributed by atoms with Gasteiger partial charge in [0, 0.05) is 0 Å². The molecule has 1 fully saturated rings. The van der Waals surface area contributed by atoms with Gasteiger partial charge in [-0.15, -0.1) is 6.58 Å². The lowest BCUT2D eigenvalue weighted by atomic mass is 9.92. The van der Waals surface area contributed by atoms with Gasteiger partial charge in [0.2, 0.25) is 0 Å². The highest BCUT2D eigenvalue weighted by Gasteiger charge is 2.47. The largest absolute Gasteiger partial charge is 0.394 e. The zero-order chi connectivity index (χ0) is 24.0. The summed E-state index contributed by atoms with van der Waals surface area (Å²) in [5.74, 6) is 0.327. The van der Waals surface area contributed by atoms with Gasteiger partial charge in [-0.2, -0.15) is 0 Å². The second-order valence-electron chi connectivity index (χ2n) is 9.46. The summed E-state index contributed by atoms with van der Waals surface area (Å²) in [7, 11) is 0. The Morgan fingerprint density at radius 1 is 0.853 bits per heavy atom. The molecule has 0 aliphatic carbocycles. The minimum Gasteiger partial charge on any atom is -0.394 e. The fourth-order valence-electron chi connectivity index (χ4n) is 4.73. The summed E-state index contributed by atoms with van der Waals surface area (Å²) in [5, 5.41) is 10.1. The fourth-order valence-corrected chi connectivity index (χ4v) is 4.73. The van der Waals surface area contributed by atoms with Crippen LogP contribution in [0.15, 0.2) is 73.3 Å². The molecule has 0 saturated carbocycles. The van der Waals surface area contributed by atoms with Crippen molar-refractivity contribution in [3.63, 3.8) is 0 Å². The first-order chi connectivity index (χ1) is 16.7. The number of benzene rings is 2. The number of ether oxygens (including phenoxy) is 3. The first-order valence-electron chi connectivity index (χ1n) is 12.9. The maximum atomic E-state index is 10.1. The van der Waals surface area contributed by atoms with Crippen molar-refractivity contribution in [1.29, 1.82) is 0 Å². The summed E-state index contributed by atoms with van der Waals surface area (Å²) in [5.41, 5.74) is 2.23. The average molecular weight is 467 g/mol. The topological polar surface area (TPSA) is 47.9 Å². The van der Waals surface area contributed by atoms with E-state index < -0.39 is 0 Å². The Bertz CT molecular complexity index is 794. The first-order valence-corrected chi connectivity index (χ1v) is 12.9. The number of hydrogen-bond acceptors (Lipinski definition) is 4. The number of hydrogen-bond donors (Lipinski definition) is 1. The number of unbranched alkanes of at least 4 members (excludes halogenated alkanes) is 5. The van der Waals surface area contributed by atoms with Crippen LogP contribution in [0.5, 0.6) is 0 Å². The predicted octanol–water partition coefficient (Wildman–Crippen LogP) is 6.47. The number of allylic oxidation sites excluding steroid dienone is 1. The van der Waals surface area contributed by atoms with E-state index in [1.54, 1.807) is 0 Å². The standard InChI is InChI=1S/C30H42O4/c1-3-4-5-6-7-8-11-16-24(2)28-30(33-23-26-19-14-10-15-20-26)29(27(21-31)34-28)32-22-25-17-12-9-13-18-25/h3,9-10,12-15,17-20,24,27-31H,1,4-8,11,16,21-23H2,2H3/t24?,27-,28-,29-,30-/m1/s1. The summed E-state index contributed by atoms with van der Waals surface area (Å²) in [4.78, 5) is 0. The van der Waals surface area contributed by atoms with Crippen LogP contribution >= 0.6 is 0 Å². The highest BCUT2D eigenvalue weighted by Crippen LogP contribution is 2.34. The lowest BCUT2D eigenvalue weighted by Gasteiger charge is -2.28. The van der Waals surface area contributed by atoms with E-state index in [0.717, 1.165) is 24.0 Å². The van der Waals surface area contributed by atoms with Crippen molar-refractivity contribution in [2.75, 3.05) is 6.61 Å². The van der Waals surface area contributed by atoms with Gasteiger partial charge in [0.1, 0.15) is 18.3 Å². The van der Waals surface area contributed by atoms with Crippen LogP contribution in [0.1, 0.15) is 63.0 Å². The van der Waals surface area contributed by atoms with E-state index in [1.165, 1.54) is 32.1 Å². The molecule has 2 aromatic rings. The quantitative estimate of drug-likeness (QED) is 0.227. The van der Waals surface area contributed by atoms with Crippen LogP contribution in [-0.2, 0) is 27.4 Å². The van der Waals surface area contributed by atoms with Crippen LogP contribution in [-0.4, -0.2) is 36.1 Å². The molecular formula is C30H42O4. The van der Waals surface area contributed by atoms with Gasteiger partial charge in [-0.25, -0.2) is 0 Å². The molecule has 4 nitrogen and oxygen atoms in total. The van der Waals surface area contributed by atoms with Gasteiger partial charge in [0.05, 0.1) is 25.9 Å². The molecule has 1 saturated heterocycles. The normalized spacial score (nSPS) is 23.1. The monoisotopic (exact) mass is 466 g/mol. The Morgan fingerprint density at radius 3 is 2.00 bits per heavy atom. The van der Waals surface area contributed by atoms with E-state index in [4.69, 9.17) is 14.2 Å². The van der Waals surface area contributed by atoms with Gasteiger partial charge >= 0.3 is 0 Å². The lowest BCUT2D eigenvalue weighted by molar-refractivity contribution is -0.0864. The van der Waals surface area contributed by atoms with Gasteiger partial charge in [-0.1, -0.05) is 99.3 Å². The summed E-state index contributed by atoms with van der Waals surface area (Å²) >= 11 is 0. The zero-order valence-corrected chi connectivity index (χ0v) is 20.7. The van der Waals surface area contributed by atoms with Crippen molar-refractivity contribution < 1.29 is 19.3 Å². The van der Waals surface area contributed by atoms with Crippen LogP contribution in [0.4, 0.5) is 0 Å². The van der Waals surface area contributed by atoms with Crippen LogP contribution in [0.3, 0.4) is 0 Å². The molecule has 1 heterocycles. The van der Waals surface area contributed by atoms with Crippen molar-refractivity contribution >= 4 is 0 Å². The summed E-state index contributed by atoms with van der Waals surface area (Å²) in [6.45, 7) is 6.95. The van der Waals surface area contributed by atoms with E-state index in [0.29, 0.717) is 19.1 Å². The van der Waals surface area contributed by atoms with Crippen molar-refractivity contribution in [2.24, 2.45) is 5.92 Å². The van der Waals surface area contributed by atoms with Crippen LogP contribution in [0, 0.1) is 5.92 Å². The van der Waals surface area contributed by atoms with Gasteiger partial charge in [0.25, 0.3) is 0 Å². The van der Waals surface area contributed by atoms with Gasteiger partial charge < -0.3 is 19.3 Å². The Kier molecular flexibility index (Phi) is 11.8. The molecule has 1 aliphatic rings. The van der Waals surface area contributed by atoms with E-state index in [9.17, 15) is 5.11 Å². The van der Waals surface area contributed by atoms with Crippen molar-refractivity contribution in [2.45, 2.75) is 89.5 Å². The molecule has 0 radical (unpaired) electrons. The molecule has 0 spiro atoms. The van der Waals surface area contributed by atoms with Crippen molar-refractivity contribution in [3.8, 4) is 0 Å². The average Bonchev–Trinajstić information content (AvgIpc) is 3.24. The van der Waals surface area contributed by atoms with Crippen molar-refractivity contribution in [1.82, 2.24) is 0 Å².